The lowest BCUT2D eigenvalue weighted by Gasteiger charge is -2.14. The Bertz CT molecular complexity index is 556. The van der Waals surface area contributed by atoms with Gasteiger partial charge in [0.25, 0.3) is 5.91 Å². The Morgan fingerprint density at radius 3 is 2.46 bits per heavy atom. The van der Waals surface area contributed by atoms with Gasteiger partial charge in [0.2, 0.25) is 0 Å². The van der Waals surface area contributed by atoms with Gasteiger partial charge in [-0.3, -0.25) is 4.79 Å². The molecular formula is C18H27NO5. The van der Waals surface area contributed by atoms with Crippen LogP contribution in [0.3, 0.4) is 0 Å². The number of carbonyl (C=O) groups is 2. The Hall–Kier alpha value is -2.24. The van der Waals surface area contributed by atoms with E-state index in [0.717, 1.165) is 6.42 Å². The van der Waals surface area contributed by atoms with Crippen LogP contribution in [-0.4, -0.2) is 38.2 Å². The Labute approximate surface area is 143 Å². The molecule has 0 aliphatic carbocycles. The molecule has 24 heavy (non-hydrogen) atoms. The zero-order chi connectivity index (χ0) is 18.1. The third kappa shape index (κ3) is 6.48. The molecule has 1 atom stereocenters. The highest BCUT2D eigenvalue weighted by Crippen LogP contribution is 2.28. The van der Waals surface area contributed by atoms with Gasteiger partial charge < -0.3 is 19.5 Å². The monoisotopic (exact) mass is 337 g/mol. The molecular weight excluding hydrogens is 310 g/mol. The summed E-state index contributed by atoms with van der Waals surface area (Å²) in [5, 5.41) is 2.73. The lowest BCUT2D eigenvalue weighted by atomic mass is 10.2. The largest absolute Gasteiger partial charge is 0.493 e. The molecule has 0 aliphatic heterocycles. The summed E-state index contributed by atoms with van der Waals surface area (Å²) in [7, 11) is 1.51. The molecule has 1 unspecified atom stereocenters. The van der Waals surface area contributed by atoms with E-state index in [2.05, 4.69) is 5.32 Å². The molecule has 1 rings (SSSR count). The number of amides is 1. The summed E-state index contributed by atoms with van der Waals surface area (Å²) < 4.78 is 15.9. The van der Waals surface area contributed by atoms with Gasteiger partial charge in [0.05, 0.1) is 19.3 Å². The molecule has 0 aromatic heterocycles. The predicted octanol–water partition coefficient (Wildman–Crippen LogP) is 2.80. The van der Waals surface area contributed by atoms with Crippen LogP contribution in [0.1, 0.15) is 44.5 Å². The van der Waals surface area contributed by atoms with Gasteiger partial charge in [0.1, 0.15) is 0 Å². The van der Waals surface area contributed by atoms with Crippen molar-refractivity contribution in [2.75, 3.05) is 20.3 Å². The fraction of sp³-hybridized carbons (Fsp3) is 0.556. The topological polar surface area (TPSA) is 73.9 Å². The smallest absolute Gasteiger partial charge is 0.338 e. The third-order valence-electron chi connectivity index (χ3n) is 3.33. The average Bonchev–Trinajstić information content (AvgIpc) is 2.57. The van der Waals surface area contributed by atoms with Crippen LogP contribution in [0.2, 0.25) is 0 Å². The fourth-order valence-corrected chi connectivity index (χ4v) is 1.80. The zero-order valence-electron chi connectivity index (χ0n) is 15.0. The predicted molar refractivity (Wildman–Crippen MR) is 91.5 cm³/mol. The van der Waals surface area contributed by atoms with Crippen LogP contribution in [0, 0.1) is 5.92 Å². The molecule has 0 saturated carbocycles. The van der Waals surface area contributed by atoms with E-state index in [9.17, 15) is 9.59 Å². The first-order chi connectivity index (χ1) is 11.4. The molecule has 1 N–H and O–H groups in total. The highest BCUT2D eigenvalue weighted by Gasteiger charge is 2.15. The van der Waals surface area contributed by atoms with E-state index in [-0.39, 0.29) is 18.6 Å². The summed E-state index contributed by atoms with van der Waals surface area (Å²) in [5.41, 5.74) is 0.306. The average molecular weight is 337 g/mol. The number of benzene rings is 1. The van der Waals surface area contributed by atoms with E-state index in [4.69, 9.17) is 14.2 Å². The Balaban J connectivity index is 2.65. The van der Waals surface area contributed by atoms with Gasteiger partial charge in [-0.25, -0.2) is 4.79 Å². The molecule has 1 aromatic rings. The number of carbonyl (C=O) groups excluding carboxylic acids is 2. The molecule has 6 nitrogen and oxygen atoms in total. The third-order valence-corrected chi connectivity index (χ3v) is 3.33. The van der Waals surface area contributed by atoms with Gasteiger partial charge in [0.15, 0.2) is 18.1 Å². The molecule has 134 valence electrons. The maximum Gasteiger partial charge on any atom is 0.338 e. The highest BCUT2D eigenvalue weighted by molar-refractivity contribution is 5.92. The molecule has 0 fully saturated rings. The van der Waals surface area contributed by atoms with Crippen molar-refractivity contribution >= 4 is 11.9 Å². The Morgan fingerprint density at radius 2 is 1.88 bits per heavy atom. The molecule has 0 saturated heterocycles. The lowest BCUT2D eigenvalue weighted by molar-refractivity contribution is -0.124. The second-order valence-electron chi connectivity index (χ2n) is 6.02. The maximum absolute atomic E-state index is 12.1. The number of nitrogens with one attached hydrogen (secondary N) is 1. The molecule has 0 bridgehead atoms. The van der Waals surface area contributed by atoms with E-state index in [1.54, 1.807) is 18.2 Å². The second kappa shape index (κ2) is 9.80. The van der Waals surface area contributed by atoms with E-state index < -0.39 is 5.97 Å². The zero-order valence-corrected chi connectivity index (χ0v) is 15.0. The van der Waals surface area contributed by atoms with E-state index in [1.807, 2.05) is 27.7 Å². The van der Waals surface area contributed by atoms with Crippen LogP contribution in [-0.2, 0) is 9.53 Å². The van der Waals surface area contributed by atoms with Crippen LogP contribution in [0.4, 0.5) is 0 Å². The Morgan fingerprint density at radius 1 is 1.17 bits per heavy atom. The van der Waals surface area contributed by atoms with Crippen LogP contribution < -0.4 is 14.8 Å². The summed E-state index contributed by atoms with van der Waals surface area (Å²) in [5.74, 6) is 0.499. The number of rotatable bonds is 9. The molecule has 0 radical (unpaired) electrons. The Kier molecular flexibility index (Phi) is 8.09. The van der Waals surface area contributed by atoms with Crippen LogP contribution >= 0.6 is 0 Å². The number of hydrogen-bond donors (Lipinski definition) is 1. The molecule has 0 aliphatic rings. The molecule has 0 heterocycles. The minimum Gasteiger partial charge on any atom is -0.493 e. The second-order valence-corrected chi connectivity index (χ2v) is 6.02. The van der Waals surface area contributed by atoms with Gasteiger partial charge >= 0.3 is 5.97 Å². The normalized spacial score (nSPS) is 11.8. The van der Waals surface area contributed by atoms with Gasteiger partial charge in [-0.2, -0.15) is 0 Å². The number of hydrogen-bond acceptors (Lipinski definition) is 5. The van der Waals surface area contributed by atoms with E-state index >= 15 is 0 Å². The standard InChI is InChI=1S/C18H27NO5/c1-6-13(4)19-17(20)11-24-18(21)14-7-8-15(16(9-14)22-5)23-10-12(2)3/h7-9,12-13H,6,10-11H2,1-5H3,(H,19,20). The van der Waals surface area contributed by atoms with Crippen molar-refractivity contribution in [2.24, 2.45) is 5.92 Å². The van der Waals surface area contributed by atoms with Gasteiger partial charge in [0, 0.05) is 6.04 Å². The van der Waals surface area contributed by atoms with Gasteiger partial charge in [-0.1, -0.05) is 20.8 Å². The molecule has 1 amide bonds. The summed E-state index contributed by atoms with van der Waals surface area (Å²) in [6, 6.07) is 4.85. The lowest BCUT2D eigenvalue weighted by Crippen LogP contribution is -2.35. The van der Waals surface area contributed by atoms with Crippen molar-refractivity contribution in [1.82, 2.24) is 5.32 Å². The van der Waals surface area contributed by atoms with Crippen LogP contribution in [0.15, 0.2) is 18.2 Å². The van der Waals surface area contributed by atoms with Crippen LogP contribution in [0.25, 0.3) is 0 Å². The summed E-state index contributed by atoms with van der Waals surface area (Å²) in [6.45, 7) is 8.19. The summed E-state index contributed by atoms with van der Waals surface area (Å²) in [6.07, 6.45) is 0.814. The van der Waals surface area contributed by atoms with Gasteiger partial charge in [-0.05, 0) is 37.5 Å². The number of ether oxygens (including phenoxy) is 3. The molecule has 1 aromatic carbocycles. The minimum atomic E-state index is -0.581. The summed E-state index contributed by atoms with van der Waals surface area (Å²) >= 11 is 0. The van der Waals surface area contributed by atoms with Crippen molar-refractivity contribution in [3.63, 3.8) is 0 Å². The van der Waals surface area contributed by atoms with Crippen molar-refractivity contribution in [2.45, 2.75) is 40.2 Å². The quantitative estimate of drug-likeness (QED) is 0.701. The van der Waals surface area contributed by atoms with E-state index in [0.29, 0.717) is 29.6 Å². The summed E-state index contributed by atoms with van der Waals surface area (Å²) in [4.78, 5) is 23.7. The molecule has 0 spiro atoms. The van der Waals surface area contributed by atoms with Crippen molar-refractivity contribution in [1.29, 1.82) is 0 Å². The highest BCUT2D eigenvalue weighted by atomic mass is 16.5. The van der Waals surface area contributed by atoms with Crippen LogP contribution in [0.5, 0.6) is 11.5 Å². The van der Waals surface area contributed by atoms with Crippen molar-refractivity contribution in [3.05, 3.63) is 23.8 Å². The maximum atomic E-state index is 12.1. The van der Waals surface area contributed by atoms with Gasteiger partial charge in [-0.15, -0.1) is 0 Å². The van der Waals surface area contributed by atoms with Crippen molar-refractivity contribution < 1.29 is 23.8 Å². The fourth-order valence-electron chi connectivity index (χ4n) is 1.80. The first-order valence-corrected chi connectivity index (χ1v) is 8.14. The molecule has 6 heteroatoms. The van der Waals surface area contributed by atoms with E-state index in [1.165, 1.54) is 7.11 Å². The first-order valence-electron chi connectivity index (χ1n) is 8.14. The van der Waals surface area contributed by atoms with Crippen molar-refractivity contribution in [3.8, 4) is 11.5 Å². The first kappa shape index (κ1) is 19.8. The number of methoxy groups -OCH3 is 1. The SMILES string of the molecule is CCC(C)NC(=O)COC(=O)c1ccc(OCC(C)C)c(OC)c1. The number of esters is 1. The minimum absolute atomic E-state index is 0.0497.